The lowest BCUT2D eigenvalue weighted by Gasteiger charge is -2.28. The molecule has 1 atom stereocenters. The molecule has 0 saturated carbocycles. The normalized spacial score (nSPS) is 12.0. The summed E-state index contributed by atoms with van der Waals surface area (Å²) in [6.07, 6.45) is 1.34. The molecule has 0 aliphatic carbocycles. The average molecular weight is 351 g/mol. The number of rotatable bonds is 5. The molecule has 0 saturated heterocycles. The zero-order chi connectivity index (χ0) is 18.7. The quantitative estimate of drug-likeness (QED) is 0.696. The van der Waals surface area contributed by atoms with Gasteiger partial charge in [0, 0.05) is 18.2 Å². The Bertz CT molecular complexity index is 992. The number of nitrogens with zero attached hydrogens (tertiary/aromatic N) is 1. The number of ether oxygens (including phenoxy) is 1. The van der Waals surface area contributed by atoms with Crippen molar-refractivity contribution in [1.82, 2.24) is 4.90 Å². The van der Waals surface area contributed by atoms with E-state index in [-0.39, 0.29) is 17.4 Å². The maximum Gasteiger partial charge on any atom is 0.254 e. The van der Waals surface area contributed by atoms with Gasteiger partial charge >= 0.3 is 0 Å². The smallest absolute Gasteiger partial charge is 0.254 e. The molecule has 0 radical (unpaired) electrons. The highest BCUT2D eigenvalue weighted by Gasteiger charge is 2.22. The molecule has 26 heavy (non-hydrogen) atoms. The minimum atomic E-state index is -0.124. The molecule has 5 heteroatoms. The van der Waals surface area contributed by atoms with Crippen molar-refractivity contribution in [2.75, 3.05) is 13.7 Å². The Morgan fingerprint density at radius 1 is 1.19 bits per heavy atom. The molecule has 0 bridgehead atoms. The van der Waals surface area contributed by atoms with Crippen LogP contribution in [0.25, 0.3) is 11.0 Å². The number of hydrogen-bond acceptors (Lipinski definition) is 4. The maximum atomic E-state index is 13.0. The second kappa shape index (κ2) is 7.44. The van der Waals surface area contributed by atoms with E-state index in [0.29, 0.717) is 23.1 Å². The molecule has 134 valence electrons. The summed E-state index contributed by atoms with van der Waals surface area (Å²) in [5.41, 5.74) is 1.77. The fourth-order valence-corrected chi connectivity index (χ4v) is 3.06. The second-order valence-electron chi connectivity index (χ2n) is 6.04. The molecule has 0 fully saturated rings. The van der Waals surface area contributed by atoms with Gasteiger partial charge in [0.2, 0.25) is 0 Å². The SMILES string of the molecule is CCN(C(=O)c1ccc2c(=O)ccoc2c1)C(C)c1cccc(OC)c1. The highest BCUT2D eigenvalue weighted by Crippen LogP contribution is 2.26. The van der Waals surface area contributed by atoms with Gasteiger partial charge in [-0.2, -0.15) is 0 Å². The fraction of sp³-hybridized carbons (Fsp3) is 0.238. The van der Waals surface area contributed by atoms with E-state index < -0.39 is 0 Å². The highest BCUT2D eigenvalue weighted by molar-refractivity contribution is 5.97. The lowest BCUT2D eigenvalue weighted by Crippen LogP contribution is -2.33. The molecule has 1 heterocycles. The first-order valence-electron chi connectivity index (χ1n) is 8.51. The molecule has 0 aliphatic heterocycles. The third kappa shape index (κ3) is 3.33. The van der Waals surface area contributed by atoms with E-state index in [1.807, 2.05) is 38.1 Å². The van der Waals surface area contributed by atoms with Gasteiger partial charge in [-0.1, -0.05) is 12.1 Å². The number of methoxy groups -OCH3 is 1. The molecule has 0 aliphatic rings. The van der Waals surface area contributed by atoms with Gasteiger partial charge in [0.25, 0.3) is 5.91 Å². The first kappa shape index (κ1) is 17.7. The molecule has 2 aromatic carbocycles. The summed E-state index contributed by atoms with van der Waals surface area (Å²) in [6, 6.07) is 13.9. The minimum Gasteiger partial charge on any atom is -0.497 e. The fourth-order valence-electron chi connectivity index (χ4n) is 3.06. The third-order valence-corrected chi connectivity index (χ3v) is 4.55. The molecule has 1 aromatic heterocycles. The van der Waals surface area contributed by atoms with Gasteiger partial charge in [-0.15, -0.1) is 0 Å². The number of amides is 1. The highest BCUT2D eigenvalue weighted by atomic mass is 16.5. The minimum absolute atomic E-state index is 0.115. The van der Waals surface area contributed by atoms with Crippen molar-refractivity contribution in [2.24, 2.45) is 0 Å². The third-order valence-electron chi connectivity index (χ3n) is 4.55. The van der Waals surface area contributed by atoms with Gasteiger partial charge in [0.1, 0.15) is 11.3 Å². The van der Waals surface area contributed by atoms with E-state index in [0.717, 1.165) is 11.3 Å². The summed E-state index contributed by atoms with van der Waals surface area (Å²) in [7, 11) is 1.62. The van der Waals surface area contributed by atoms with Crippen LogP contribution in [0.5, 0.6) is 5.75 Å². The summed E-state index contributed by atoms with van der Waals surface area (Å²) >= 11 is 0. The Morgan fingerprint density at radius 3 is 2.73 bits per heavy atom. The van der Waals surface area contributed by atoms with Crippen LogP contribution in [0.3, 0.4) is 0 Å². The van der Waals surface area contributed by atoms with Crippen molar-refractivity contribution in [3.05, 3.63) is 76.1 Å². The Hall–Kier alpha value is -3.08. The van der Waals surface area contributed by atoms with E-state index in [2.05, 4.69) is 0 Å². The first-order valence-corrected chi connectivity index (χ1v) is 8.51. The lowest BCUT2D eigenvalue weighted by atomic mass is 10.0. The number of carbonyl (C=O) groups is 1. The van der Waals surface area contributed by atoms with Gasteiger partial charge in [-0.25, -0.2) is 0 Å². The van der Waals surface area contributed by atoms with Crippen LogP contribution >= 0.6 is 0 Å². The van der Waals surface area contributed by atoms with Crippen molar-refractivity contribution in [3.8, 4) is 5.75 Å². The number of carbonyl (C=O) groups excluding carboxylic acids is 1. The molecule has 0 spiro atoms. The first-order chi connectivity index (χ1) is 12.5. The number of fused-ring (bicyclic) bond motifs is 1. The zero-order valence-corrected chi connectivity index (χ0v) is 15.1. The summed E-state index contributed by atoms with van der Waals surface area (Å²) in [4.78, 5) is 26.7. The summed E-state index contributed by atoms with van der Waals surface area (Å²) in [5.74, 6) is 0.640. The van der Waals surface area contributed by atoms with Crippen LogP contribution in [0, 0.1) is 0 Å². The van der Waals surface area contributed by atoms with Crippen LogP contribution in [-0.2, 0) is 0 Å². The van der Waals surface area contributed by atoms with E-state index >= 15 is 0 Å². The van der Waals surface area contributed by atoms with Crippen molar-refractivity contribution >= 4 is 16.9 Å². The van der Waals surface area contributed by atoms with Gasteiger partial charge in [-0.05, 0) is 49.7 Å². The molecule has 1 amide bonds. The van der Waals surface area contributed by atoms with Crippen LogP contribution < -0.4 is 10.2 Å². The Kier molecular flexibility index (Phi) is 5.07. The molecule has 0 N–H and O–H groups in total. The summed E-state index contributed by atoms with van der Waals surface area (Å²) in [5, 5.41) is 0.466. The second-order valence-corrected chi connectivity index (χ2v) is 6.04. The van der Waals surface area contributed by atoms with Crippen molar-refractivity contribution in [1.29, 1.82) is 0 Å². The van der Waals surface area contributed by atoms with Gasteiger partial charge in [0.15, 0.2) is 5.43 Å². The van der Waals surface area contributed by atoms with E-state index in [9.17, 15) is 9.59 Å². The number of hydrogen-bond donors (Lipinski definition) is 0. The van der Waals surface area contributed by atoms with Crippen molar-refractivity contribution < 1.29 is 13.9 Å². The summed E-state index contributed by atoms with van der Waals surface area (Å²) in [6.45, 7) is 4.47. The largest absolute Gasteiger partial charge is 0.497 e. The van der Waals surface area contributed by atoms with Crippen molar-refractivity contribution in [2.45, 2.75) is 19.9 Å². The topological polar surface area (TPSA) is 59.8 Å². The molecule has 1 unspecified atom stereocenters. The molecular formula is C21H21NO4. The van der Waals surface area contributed by atoms with Gasteiger partial charge in [0.05, 0.1) is 24.8 Å². The van der Waals surface area contributed by atoms with Crippen LogP contribution in [0.15, 0.2) is 64.0 Å². The molecule has 3 aromatic rings. The van der Waals surface area contributed by atoms with Crippen LogP contribution in [0.1, 0.15) is 35.8 Å². The molecule has 3 rings (SSSR count). The Balaban J connectivity index is 1.94. The summed E-state index contributed by atoms with van der Waals surface area (Å²) < 4.78 is 10.7. The Labute approximate surface area is 151 Å². The number of benzene rings is 2. The monoisotopic (exact) mass is 351 g/mol. The maximum absolute atomic E-state index is 13.0. The zero-order valence-electron chi connectivity index (χ0n) is 15.1. The van der Waals surface area contributed by atoms with Crippen LogP contribution in [0.2, 0.25) is 0 Å². The molecule has 5 nitrogen and oxygen atoms in total. The predicted molar refractivity (Wildman–Crippen MR) is 101 cm³/mol. The van der Waals surface area contributed by atoms with Gasteiger partial charge < -0.3 is 14.1 Å². The standard InChI is InChI=1S/C21H21NO4/c1-4-22(14(2)15-6-5-7-17(12-15)25-3)21(24)16-8-9-18-19(23)10-11-26-20(18)13-16/h5-14H,4H2,1-3H3. The van der Waals surface area contributed by atoms with E-state index in [1.54, 1.807) is 30.2 Å². The Morgan fingerprint density at radius 2 is 2.00 bits per heavy atom. The van der Waals surface area contributed by atoms with E-state index in [4.69, 9.17) is 9.15 Å². The molecular weight excluding hydrogens is 330 g/mol. The van der Waals surface area contributed by atoms with Crippen LogP contribution in [-0.4, -0.2) is 24.5 Å². The van der Waals surface area contributed by atoms with Gasteiger partial charge in [-0.3, -0.25) is 9.59 Å². The lowest BCUT2D eigenvalue weighted by molar-refractivity contribution is 0.0702. The van der Waals surface area contributed by atoms with Crippen molar-refractivity contribution in [3.63, 3.8) is 0 Å². The van der Waals surface area contributed by atoms with Crippen LogP contribution in [0.4, 0.5) is 0 Å². The predicted octanol–water partition coefficient (Wildman–Crippen LogP) is 4.02. The average Bonchev–Trinajstić information content (AvgIpc) is 2.68. The van der Waals surface area contributed by atoms with E-state index in [1.165, 1.54) is 12.3 Å².